The van der Waals surface area contributed by atoms with Gasteiger partial charge in [0.1, 0.15) is 6.04 Å². The summed E-state index contributed by atoms with van der Waals surface area (Å²) in [5.74, 6) is -0.000414. The Balaban J connectivity index is 1.81. The highest BCUT2D eigenvalue weighted by molar-refractivity contribution is 9.10. The molecule has 1 unspecified atom stereocenters. The molecule has 1 aliphatic heterocycles. The van der Waals surface area contributed by atoms with Crippen LogP contribution in [0.25, 0.3) is 0 Å². The van der Waals surface area contributed by atoms with E-state index in [-0.39, 0.29) is 11.9 Å². The van der Waals surface area contributed by atoms with E-state index in [0.717, 1.165) is 15.7 Å². The Labute approximate surface area is 126 Å². The van der Waals surface area contributed by atoms with Gasteiger partial charge in [0.05, 0.1) is 0 Å². The van der Waals surface area contributed by atoms with Gasteiger partial charge >= 0.3 is 0 Å². The van der Waals surface area contributed by atoms with Gasteiger partial charge in [-0.25, -0.2) is 0 Å². The molecule has 2 aromatic carbocycles. The lowest BCUT2D eigenvalue weighted by Gasteiger charge is -2.13. The van der Waals surface area contributed by atoms with Gasteiger partial charge in [-0.2, -0.15) is 0 Å². The number of nitrogens with one attached hydrogen (secondary N) is 2. The monoisotopic (exact) mass is 330 g/mol. The lowest BCUT2D eigenvalue weighted by Crippen LogP contribution is -2.27. The first-order valence-electron chi connectivity index (χ1n) is 6.53. The molecule has 0 bridgehead atoms. The Kier molecular flexibility index (Phi) is 3.59. The van der Waals surface area contributed by atoms with Crippen molar-refractivity contribution < 1.29 is 4.79 Å². The zero-order chi connectivity index (χ0) is 14.1. The highest BCUT2D eigenvalue weighted by Gasteiger charge is 2.31. The van der Waals surface area contributed by atoms with E-state index in [0.29, 0.717) is 6.54 Å². The Hall–Kier alpha value is -1.65. The van der Waals surface area contributed by atoms with Crippen LogP contribution in [-0.2, 0) is 11.3 Å². The SMILES string of the molecule is Cc1cccc(CNC2C(=O)Nc3cccc(Br)c32)c1. The highest BCUT2D eigenvalue weighted by Crippen LogP contribution is 2.36. The molecule has 0 aromatic heterocycles. The summed E-state index contributed by atoms with van der Waals surface area (Å²) in [6, 6.07) is 13.8. The van der Waals surface area contributed by atoms with Crippen molar-refractivity contribution in [1.82, 2.24) is 5.32 Å². The number of carbonyl (C=O) groups excluding carboxylic acids is 1. The second kappa shape index (κ2) is 5.38. The lowest BCUT2D eigenvalue weighted by molar-refractivity contribution is -0.117. The summed E-state index contributed by atoms with van der Waals surface area (Å²) < 4.78 is 0.954. The molecule has 1 amide bonds. The summed E-state index contributed by atoms with van der Waals surface area (Å²) in [4.78, 5) is 12.1. The third kappa shape index (κ3) is 2.49. The van der Waals surface area contributed by atoms with E-state index in [4.69, 9.17) is 0 Å². The summed E-state index contributed by atoms with van der Waals surface area (Å²) >= 11 is 3.52. The van der Waals surface area contributed by atoms with Gasteiger partial charge in [0.2, 0.25) is 5.91 Å². The molecule has 20 heavy (non-hydrogen) atoms. The number of halogens is 1. The number of anilines is 1. The van der Waals surface area contributed by atoms with Crippen LogP contribution in [0.5, 0.6) is 0 Å². The molecule has 0 spiro atoms. The second-order valence-corrected chi connectivity index (χ2v) is 5.85. The fourth-order valence-electron chi connectivity index (χ4n) is 2.51. The second-order valence-electron chi connectivity index (χ2n) is 4.99. The molecule has 1 heterocycles. The Morgan fingerprint density at radius 1 is 1.25 bits per heavy atom. The molecule has 0 aliphatic carbocycles. The van der Waals surface area contributed by atoms with Crippen molar-refractivity contribution in [3.05, 3.63) is 63.6 Å². The minimum absolute atomic E-state index is 0.000414. The first-order valence-corrected chi connectivity index (χ1v) is 7.32. The molecule has 2 aromatic rings. The number of amides is 1. The largest absolute Gasteiger partial charge is 0.324 e. The van der Waals surface area contributed by atoms with Crippen LogP contribution in [-0.4, -0.2) is 5.91 Å². The number of carbonyl (C=O) groups is 1. The molecule has 3 rings (SSSR count). The zero-order valence-corrected chi connectivity index (χ0v) is 12.7. The van der Waals surface area contributed by atoms with Gasteiger partial charge in [-0.1, -0.05) is 51.8 Å². The van der Waals surface area contributed by atoms with E-state index in [9.17, 15) is 4.79 Å². The average molecular weight is 331 g/mol. The quantitative estimate of drug-likeness (QED) is 0.903. The highest BCUT2D eigenvalue weighted by atomic mass is 79.9. The molecule has 3 nitrogen and oxygen atoms in total. The van der Waals surface area contributed by atoms with Crippen LogP contribution in [0.3, 0.4) is 0 Å². The van der Waals surface area contributed by atoms with Crippen molar-refractivity contribution in [3.8, 4) is 0 Å². The molecule has 0 fully saturated rings. The normalized spacial score (nSPS) is 16.9. The van der Waals surface area contributed by atoms with E-state index < -0.39 is 0 Å². The standard InChI is InChI=1S/C16H15BrN2O/c1-10-4-2-5-11(8-10)9-18-15-14-12(17)6-3-7-13(14)19-16(15)20/h2-8,15,18H,9H2,1H3,(H,19,20). The maximum absolute atomic E-state index is 12.1. The number of hydrogen-bond donors (Lipinski definition) is 2. The van der Waals surface area contributed by atoms with Crippen molar-refractivity contribution >= 4 is 27.5 Å². The number of aryl methyl sites for hydroxylation is 1. The molecule has 102 valence electrons. The van der Waals surface area contributed by atoms with Crippen molar-refractivity contribution in [2.75, 3.05) is 5.32 Å². The summed E-state index contributed by atoms with van der Waals surface area (Å²) in [6.45, 7) is 2.73. The van der Waals surface area contributed by atoms with Crippen LogP contribution in [0.2, 0.25) is 0 Å². The summed E-state index contributed by atoms with van der Waals surface area (Å²) in [5.41, 5.74) is 4.27. The fourth-order valence-corrected chi connectivity index (χ4v) is 3.11. The van der Waals surface area contributed by atoms with Crippen LogP contribution in [0.4, 0.5) is 5.69 Å². The average Bonchev–Trinajstić information content (AvgIpc) is 2.74. The van der Waals surface area contributed by atoms with E-state index >= 15 is 0 Å². The van der Waals surface area contributed by atoms with Crippen LogP contribution in [0.15, 0.2) is 46.9 Å². The Morgan fingerprint density at radius 2 is 2.05 bits per heavy atom. The fraction of sp³-hybridized carbons (Fsp3) is 0.188. The smallest absolute Gasteiger partial charge is 0.246 e. The molecule has 2 N–H and O–H groups in total. The molecular formula is C16H15BrN2O. The van der Waals surface area contributed by atoms with Crippen molar-refractivity contribution in [3.63, 3.8) is 0 Å². The number of rotatable bonds is 3. The first kappa shape index (κ1) is 13.3. The topological polar surface area (TPSA) is 41.1 Å². The van der Waals surface area contributed by atoms with E-state index in [1.54, 1.807) is 0 Å². The van der Waals surface area contributed by atoms with Crippen LogP contribution in [0.1, 0.15) is 22.7 Å². The van der Waals surface area contributed by atoms with E-state index in [1.165, 1.54) is 11.1 Å². The van der Waals surface area contributed by atoms with Crippen LogP contribution < -0.4 is 10.6 Å². The number of fused-ring (bicyclic) bond motifs is 1. The maximum Gasteiger partial charge on any atom is 0.246 e. The Bertz CT molecular complexity index is 669. The first-order chi connectivity index (χ1) is 9.65. The van der Waals surface area contributed by atoms with Crippen molar-refractivity contribution in [2.24, 2.45) is 0 Å². The van der Waals surface area contributed by atoms with Gasteiger partial charge < -0.3 is 5.32 Å². The van der Waals surface area contributed by atoms with E-state index in [1.807, 2.05) is 24.3 Å². The van der Waals surface area contributed by atoms with Crippen molar-refractivity contribution in [2.45, 2.75) is 19.5 Å². The maximum atomic E-state index is 12.1. The molecule has 0 radical (unpaired) electrons. The van der Waals surface area contributed by atoms with Crippen LogP contribution in [0, 0.1) is 6.92 Å². The number of hydrogen-bond acceptors (Lipinski definition) is 2. The Morgan fingerprint density at radius 3 is 2.85 bits per heavy atom. The lowest BCUT2D eigenvalue weighted by atomic mass is 10.1. The van der Waals surface area contributed by atoms with Crippen molar-refractivity contribution in [1.29, 1.82) is 0 Å². The van der Waals surface area contributed by atoms with Gasteiger partial charge in [0.15, 0.2) is 0 Å². The minimum Gasteiger partial charge on any atom is -0.324 e. The third-order valence-electron chi connectivity index (χ3n) is 3.45. The van der Waals surface area contributed by atoms with Crippen LogP contribution >= 0.6 is 15.9 Å². The molecule has 0 saturated heterocycles. The molecule has 1 atom stereocenters. The summed E-state index contributed by atoms with van der Waals surface area (Å²) in [6.07, 6.45) is 0. The summed E-state index contributed by atoms with van der Waals surface area (Å²) in [7, 11) is 0. The van der Waals surface area contributed by atoms with Gasteiger partial charge in [0, 0.05) is 22.3 Å². The van der Waals surface area contributed by atoms with Gasteiger partial charge in [-0.15, -0.1) is 0 Å². The molecule has 0 saturated carbocycles. The van der Waals surface area contributed by atoms with Gasteiger partial charge in [-0.05, 0) is 24.6 Å². The van der Waals surface area contributed by atoms with Gasteiger partial charge in [0.25, 0.3) is 0 Å². The molecular weight excluding hydrogens is 316 g/mol. The minimum atomic E-state index is -0.305. The predicted molar refractivity (Wildman–Crippen MR) is 83.5 cm³/mol. The van der Waals surface area contributed by atoms with Gasteiger partial charge in [-0.3, -0.25) is 10.1 Å². The number of benzene rings is 2. The molecule has 4 heteroatoms. The summed E-state index contributed by atoms with van der Waals surface area (Å²) in [5, 5.41) is 6.23. The van der Waals surface area contributed by atoms with E-state index in [2.05, 4.69) is 51.7 Å². The predicted octanol–water partition coefficient (Wildman–Crippen LogP) is 3.54. The third-order valence-corrected chi connectivity index (χ3v) is 4.15. The zero-order valence-electron chi connectivity index (χ0n) is 11.1. The molecule has 1 aliphatic rings.